The molecule has 1 unspecified atom stereocenters. The molecule has 0 aliphatic rings. The summed E-state index contributed by atoms with van der Waals surface area (Å²) < 4.78 is 5.97. The molecule has 0 saturated heterocycles. The Kier molecular flexibility index (Phi) is 30.7. The van der Waals surface area contributed by atoms with Gasteiger partial charge in [0.15, 0.2) is 0 Å². The van der Waals surface area contributed by atoms with Crippen molar-refractivity contribution in [3.05, 3.63) is 0 Å². The molecule has 0 aromatic carbocycles. The van der Waals surface area contributed by atoms with Gasteiger partial charge in [-0.3, -0.25) is 4.79 Å². The number of esters is 1. The third kappa shape index (κ3) is 27.5. The second-order valence-electron chi connectivity index (χ2n) is 12.0. The number of nitrogens with zero attached hydrogens (tertiary/aromatic N) is 1. The maximum absolute atomic E-state index is 12.6. The number of carbonyl (C=O) groups excluding carboxylic acids is 1. The number of carbonyl (C=O) groups is 1. The highest BCUT2D eigenvalue weighted by atomic mass is 16.5. The number of hydrogen-bond donors (Lipinski definition) is 3. The molecule has 0 bridgehead atoms. The summed E-state index contributed by atoms with van der Waals surface area (Å²) in [7, 11) is 0. The first-order valence-electron chi connectivity index (χ1n) is 17.4. The lowest BCUT2D eigenvalue weighted by molar-refractivity contribution is -0.150. The van der Waals surface area contributed by atoms with Crippen LogP contribution < -0.4 is 0 Å². The molecule has 0 spiro atoms. The predicted octanol–water partition coefficient (Wildman–Crippen LogP) is 7.95. The van der Waals surface area contributed by atoms with Crippen molar-refractivity contribution in [2.45, 2.75) is 180 Å². The Morgan fingerprint density at radius 1 is 0.600 bits per heavy atom. The molecule has 0 saturated carbocycles. The van der Waals surface area contributed by atoms with Crippen LogP contribution in [0.15, 0.2) is 0 Å². The van der Waals surface area contributed by atoms with Crippen molar-refractivity contribution in [1.29, 1.82) is 0 Å². The Hall–Kier alpha value is -0.690. The molecule has 0 radical (unpaired) electrons. The fourth-order valence-corrected chi connectivity index (χ4v) is 5.41. The quantitative estimate of drug-likeness (QED) is 0.0561. The van der Waals surface area contributed by atoms with Crippen molar-refractivity contribution < 1.29 is 24.9 Å². The maximum Gasteiger partial charge on any atom is 0.306 e. The molecular weight excluding hydrogens is 502 g/mol. The Bertz CT molecular complexity index is 503. The van der Waals surface area contributed by atoms with Gasteiger partial charge in [-0.15, -0.1) is 0 Å². The zero-order valence-corrected chi connectivity index (χ0v) is 26.8. The Balaban J connectivity index is 4.06. The van der Waals surface area contributed by atoms with Gasteiger partial charge in [-0.25, -0.2) is 0 Å². The lowest BCUT2D eigenvalue weighted by Gasteiger charge is -2.21. The topological polar surface area (TPSA) is 90.2 Å². The van der Waals surface area contributed by atoms with Gasteiger partial charge in [-0.05, 0) is 64.5 Å². The van der Waals surface area contributed by atoms with E-state index >= 15 is 0 Å². The zero-order valence-electron chi connectivity index (χ0n) is 26.8. The van der Waals surface area contributed by atoms with Crippen molar-refractivity contribution in [3.63, 3.8) is 0 Å². The first-order chi connectivity index (χ1) is 19.6. The molecule has 6 nitrogen and oxygen atoms in total. The van der Waals surface area contributed by atoms with Gasteiger partial charge in [0, 0.05) is 13.0 Å². The molecule has 0 fully saturated rings. The Morgan fingerprint density at radius 3 is 1.57 bits per heavy atom. The van der Waals surface area contributed by atoms with Crippen molar-refractivity contribution in [2.75, 3.05) is 32.8 Å². The summed E-state index contributed by atoms with van der Waals surface area (Å²) in [5.41, 5.74) is 0. The monoisotopic (exact) mass is 572 g/mol. The van der Waals surface area contributed by atoms with Crippen LogP contribution in [0.25, 0.3) is 0 Å². The molecule has 0 aliphatic heterocycles. The molecule has 0 aromatic heterocycles. The molecule has 0 aromatic rings. The van der Waals surface area contributed by atoms with Gasteiger partial charge < -0.3 is 25.0 Å². The average molecular weight is 572 g/mol. The van der Waals surface area contributed by atoms with Crippen LogP contribution in [0.2, 0.25) is 0 Å². The number of ether oxygens (including phenoxy) is 1. The number of hydrogen-bond acceptors (Lipinski definition) is 6. The highest BCUT2D eigenvalue weighted by molar-refractivity contribution is 5.69. The molecule has 0 heterocycles. The highest BCUT2D eigenvalue weighted by Gasteiger charge is 2.14. The van der Waals surface area contributed by atoms with Gasteiger partial charge in [0.2, 0.25) is 0 Å². The van der Waals surface area contributed by atoms with E-state index in [1.807, 2.05) is 0 Å². The molecule has 0 rings (SSSR count). The van der Waals surface area contributed by atoms with E-state index in [0.29, 0.717) is 19.4 Å². The Labute approximate surface area is 248 Å². The standard InChI is InChI=1S/C34H69NO5/c1-3-5-7-9-12-18-24-33(25-19-13-10-8-6-4-2)40-34(39)26-20-14-11-15-21-27-35(29-30-36)28-22-16-17-23-32(38)31-37/h32-33,36-38H,3-31H2,1-2H3. The van der Waals surface area contributed by atoms with Crippen LogP contribution in [0.5, 0.6) is 0 Å². The van der Waals surface area contributed by atoms with E-state index in [2.05, 4.69) is 18.7 Å². The van der Waals surface area contributed by atoms with Crippen LogP contribution in [0, 0.1) is 0 Å². The number of aliphatic hydroxyl groups excluding tert-OH is 3. The molecule has 0 amide bonds. The SMILES string of the molecule is CCCCCCCCC(CCCCCCCC)OC(=O)CCCCCCCN(CCO)CCCCCC(O)CO. The summed E-state index contributed by atoms with van der Waals surface area (Å²) in [4.78, 5) is 14.9. The molecular formula is C34H69NO5. The minimum Gasteiger partial charge on any atom is -0.462 e. The van der Waals surface area contributed by atoms with E-state index in [4.69, 9.17) is 9.84 Å². The van der Waals surface area contributed by atoms with E-state index in [9.17, 15) is 15.0 Å². The van der Waals surface area contributed by atoms with Gasteiger partial charge in [-0.2, -0.15) is 0 Å². The average Bonchev–Trinajstić information content (AvgIpc) is 2.95. The number of rotatable bonds is 32. The first kappa shape index (κ1) is 39.3. The normalized spacial score (nSPS) is 12.5. The lowest BCUT2D eigenvalue weighted by Crippen LogP contribution is -2.29. The lowest BCUT2D eigenvalue weighted by atomic mass is 10.0. The molecule has 0 aliphatic carbocycles. The molecule has 1 atom stereocenters. The Morgan fingerprint density at radius 2 is 1.05 bits per heavy atom. The maximum atomic E-state index is 12.6. The van der Waals surface area contributed by atoms with Gasteiger partial charge in [-0.1, -0.05) is 110 Å². The van der Waals surface area contributed by atoms with E-state index in [1.54, 1.807) is 0 Å². The van der Waals surface area contributed by atoms with Crippen LogP contribution >= 0.6 is 0 Å². The van der Waals surface area contributed by atoms with Crippen molar-refractivity contribution in [3.8, 4) is 0 Å². The minimum absolute atomic E-state index is 0.00240. The van der Waals surface area contributed by atoms with Crippen molar-refractivity contribution in [2.24, 2.45) is 0 Å². The predicted molar refractivity (Wildman–Crippen MR) is 169 cm³/mol. The summed E-state index contributed by atoms with van der Waals surface area (Å²) in [5.74, 6) is 0.00240. The second kappa shape index (κ2) is 31.3. The minimum atomic E-state index is -0.591. The second-order valence-corrected chi connectivity index (χ2v) is 12.0. The van der Waals surface area contributed by atoms with Crippen LogP contribution in [-0.4, -0.2) is 71.2 Å². The molecule has 6 heteroatoms. The zero-order chi connectivity index (χ0) is 29.5. The summed E-state index contributed by atoms with van der Waals surface area (Å²) >= 11 is 0. The van der Waals surface area contributed by atoms with Gasteiger partial charge >= 0.3 is 5.97 Å². The summed E-state index contributed by atoms with van der Waals surface area (Å²) in [6.07, 6.45) is 26.6. The van der Waals surface area contributed by atoms with Gasteiger partial charge in [0.05, 0.1) is 19.3 Å². The largest absolute Gasteiger partial charge is 0.462 e. The first-order valence-corrected chi connectivity index (χ1v) is 17.4. The number of aliphatic hydroxyl groups is 3. The fourth-order valence-electron chi connectivity index (χ4n) is 5.41. The van der Waals surface area contributed by atoms with E-state index in [1.165, 1.54) is 77.0 Å². The number of unbranched alkanes of at least 4 members (excludes halogenated alkanes) is 16. The van der Waals surface area contributed by atoms with E-state index < -0.39 is 6.10 Å². The van der Waals surface area contributed by atoms with Gasteiger partial charge in [0.25, 0.3) is 0 Å². The van der Waals surface area contributed by atoms with E-state index in [0.717, 1.165) is 77.3 Å². The third-order valence-electron chi connectivity index (χ3n) is 8.05. The molecule has 3 N–H and O–H groups in total. The van der Waals surface area contributed by atoms with Crippen LogP contribution in [0.3, 0.4) is 0 Å². The molecule has 40 heavy (non-hydrogen) atoms. The van der Waals surface area contributed by atoms with Crippen LogP contribution in [0.1, 0.15) is 168 Å². The van der Waals surface area contributed by atoms with Crippen LogP contribution in [-0.2, 0) is 9.53 Å². The summed E-state index contributed by atoms with van der Waals surface area (Å²) in [5, 5.41) is 27.7. The summed E-state index contributed by atoms with van der Waals surface area (Å²) in [6, 6.07) is 0. The van der Waals surface area contributed by atoms with Crippen molar-refractivity contribution >= 4 is 5.97 Å². The van der Waals surface area contributed by atoms with E-state index in [-0.39, 0.29) is 25.3 Å². The van der Waals surface area contributed by atoms with Crippen molar-refractivity contribution in [1.82, 2.24) is 4.90 Å². The van der Waals surface area contributed by atoms with Crippen LogP contribution in [0.4, 0.5) is 0 Å². The van der Waals surface area contributed by atoms with Gasteiger partial charge in [0.1, 0.15) is 6.10 Å². The molecule has 240 valence electrons. The summed E-state index contributed by atoms with van der Waals surface area (Å²) in [6.45, 7) is 7.22. The fraction of sp³-hybridized carbons (Fsp3) is 0.971. The smallest absolute Gasteiger partial charge is 0.306 e. The third-order valence-corrected chi connectivity index (χ3v) is 8.05. The highest BCUT2D eigenvalue weighted by Crippen LogP contribution is 2.18.